The number of hydrogen-bond donors (Lipinski definition) is 2. The van der Waals surface area contributed by atoms with E-state index in [1.54, 1.807) is 4.90 Å². The molecule has 1 rings (SSSR count). The highest BCUT2D eigenvalue weighted by atomic mass is 16.5. The van der Waals surface area contributed by atoms with Gasteiger partial charge in [0, 0.05) is 19.5 Å². The molecule has 3 N–H and O–H groups in total. The van der Waals surface area contributed by atoms with E-state index in [2.05, 4.69) is 0 Å². The molecular weight excluding hydrogens is 248 g/mol. The Morgan fingerprint density at radius 2 is 1.74 bits per heavy atom. The van der Waals surface area contributed by atoms with Crippen molar-refractivity contribution in [3.05, 3.63) is 0 Å². The van der Waals surface area contributed by atoms with Gasteiger partial charge in [-0.15, -0.1) is 0 Å². The maximum atomic E-state index is 12.2. The molecule has 1 aliphatic rings. The van der Waals surface area contributed by atoms with Gasteiger partial charge in [-0.1, -0.05) is 0 Å². The van der Waals surface area contributed by atoms with Crippen molar-refractivity contribution in [1.29, 1.82) is 0 Å². The zero-order chi connectivity index (χ0) is 14.8. The third-order valence-electron chi connectivity index (χ3n) is 2.99. The van der Waals surface area contributed by atoms with E-state index >= 15 is 0 Å². The fraction of sp³-hybridized carbons (Fsp3) is 0.846. The number of morpholine rings is 1. The highest BCUT2D eigenvalue weighted by Gasteiger charge is 2.40. The largest absolute Gasteiger partial charge is 0.481 e. The van der Waals surface area contributed by atoms with E-state index in [-0.39, 0.29) is 18.7 Å². The number of aliphatic carboxylic acids is 1. The lowest BCUT2D eigenvalue weighted by atomic mass is 9.97. The van der Waals surface area contributed by atoms with Gasteiger partial charge in [0.15, 0.2) is 0 Å². The minimum atomic E-state index is -0.939. The van der Waals surface area contributed by atoms with Gasteiger partial charge in [-0.05, 0) is 34.1 Å². The van der Waals surface area contributed by atoms with Crippen molar-refractivity contribution in [2.75, 3.05) is 13.1 Å². The van der Waals surface area contributed by atoms with Gasteiger partial charge in [0.25, 0.3) is 0 Å². The van der Waals surface area contributed by atoms with Gasteiger partial charge in [0.1, 0.15) is 0 Å². The standard InChI is InChI=1S/C13H24N2O4/c1-12(2)7-15(8-13(3,4)19-12)11(18)9(14)5-6-10(16)17/h9H,5-8,14H2,1-4H3,(H,16,17). The zero-order valence-corrected chi connectivity index (χ0v) is 12.1. The molecule has 0 spiro atoms. The molecule has 0 radical (unpaired) electrons. The molecule has 0 aromatic carbocycles. The van der Waals surface area contributed by atoms with E-state index in [1.165, 1.54) is 0 Å². The van der Waals surface area contributed by atoms with Gasteiger partial charge in [0.2, 0.25) is 5.91 Å². The molecule has 0 saturated carbocycles. The molecule has 0 aliphatic carbocycles. The van der Waals surface area contributed by atoms with Crippen LogP contribution in [0.3, 0.4) is 0 Å². The van der Waals surface area contributed by atoms with Crippen LogP contribution in [-0.2, 0) is 14.3 Å². The number of rotatable bonds is 4. The number of nitrogens with two attached hydrogens (primary N) is 1. The number of carboxylic acids is 1. The number of carbonyl (C=O) groups is 2. The lowest BCUT2D eigenvalue weighted by molar-refractivity contribution is -0.188. The summed E-state index contributed by atoms with van der Waals surface area (Å²) in [7, 11) is 0. The number of carboxylic acid groups (broad SMARTS) is 1. The van der Waals surface area contributed by atoms with Crippen molar-refractivity contribution in [2.45, 2.75) is 57.8 Å². The summed E-state index contributed by atoms with van der Waals surface area (Å²) in [4.78, 5) is 24.4. The Morgan fingerprint density at radius 1 is 1.26 bits per heavy atom. The van der Waals surface area contributed by atoms with Gasteiger partial charge >= 0.3 is 5.97 Å². The van der Waals surface area contributed by atoms with Crippen LogP contribution in [0, 0.1) is 0 Å². The van der Waals surface area contributed by atoms with Crippen LogP contribution in [0.15, 0.2) is 0 Å². The normalized spacial score (nSPS) is 22.9. The maximum absolute atomic E-state index is 12.2. The number of hydrogen-bond acceptors (Lipinski definition) is 4. The van der Waals surface area contributed by atoms with E-state index < -0.39 is 23.2 Å². The van der Waals surface area contributed by atoms with E-state index in [0.717, 1.165) is 0 Å². The van der Waals surface area contributed by atoms with Crippen molar-refractivity contribution in [1.82, 2.24) is 4.90 Å². The molecule has 1 heterocycles. The summed E-state index contributed by atoms with van der Waals surface area (Å²) in [5.41, 5.74) is 4.92. The first-order valence-corrected chi connectivity index (χ1v) is 6.49. The first-order chi connectivity index (χ1) is 8.52. The van der Waals surface area contributed by atoms with Crippen LogP contribution >= 0.6 is 0 Å². The Bertz CT molecular complexity index is 350. The molecule has 6 heteroatoms. The van der Waals surface area contributed by atoms with Crippen LogP contribution in [0.25, 0.3) is 0 Å². The lowest BCUT2D eigenvalue weighted by Crippen LogP contribution is -2.61. The molecule has 0 aromatic heterocycles. The second-order valence-electron chi connectivity index (χ2n) is 6.35. The van der Waals surface area contributed by atoms with Crippen LogP contribution in [0.1, 0.15) is 40.5 Å². The van der Waals surface area contributed by atoms with Gasteiger partial charge in [-0.2, -0.15) is 0 Å². The van der Waals surface area contributed by atoms with E-state index in [4.69, 9.17) is 15.6 Å². The summed E-state index contributed by atoms with van der Waals surface area (Å²) in [6.07, 6.45) is 0.0659. The lowest BCUT2D eigenvalue weighted by Gasteiger charge is -2.47. The summed E-state index contributed by atoms with van der Waals surface area (Å²) in [5.74, 6) is -1.14. The second-order valence-corrected chi connectivity index (χ2v) is 6.35. The number of ether oxygens (including phenoxy) is 1. The predicted molar refractivity (Wildman–Crippen MR) is 70.7 cm³/mol. The van der Waals surface area contributed by atoms with Gasteiger partial charge in [-0.3, -0.25) is 9.59 Å². The highest BCUT2D eigenvalue weighted by molar-refractivity contribution is 5.82. The van der Waals surface area contributed by atoms with E-state index in [0.29, 0.717) is 13.1 Å². The molecule has 0 aromatic rings. The third-order valence-corrected chi connectivity index (χ3v) is 2.99. The van der Waals surface area contributed by atoms with Crippen LogP contribution < -0.4 is 5.73 Å². The van der Waals surface area contributed by atoms with Crippen LogP contribution in [0.5, 0.6) is 0 Å². The molecular formula is C13H24N2O4. The van der Waals surface area contributed by atoms with Crippen molar-refractivity contribution in [2.24, 2.45) is 5.73 Å². The fourth-order valence-electron chi connectivity index (χ4n) is 2.58. The Morgan fingerprint density at radius 3 is 2.16 bits per heavy atom. The number of nitrogens with zero attached hydrogens (tertiary/aromatic N) is 1. The Kier molecular flexibility index (Phi) is 4.58. The Hall–Kier alpha value is -1.14. The molecule has 1 amide bonds. The average Bonchev–Trinajstić information content (AvgIpc) is 2.20. The first-order valence-electron chi connectivity index (χ1n) is 6.49. The van der Waals surface area contributed by atoms with Crippen molar-refractivity contribution in [3.8, 4) is 0 Å². The second kappa shape index (κ2) is 5.46. The molecule has 0 bridgehead atoms. The Labute approximate surface area is 113 Å². The molecule has 19 heavy (non-hydrogen) atoms. The van der Waals surface area contributed by atoms with Crippen molar-refractivity contribution >= 4 is 11.9 Å². The van der Waals surface area contributed by atoms with Gasteiger partial charge < -0.3 is 20.5 Å². The zero-order valence-electron chi connectivity index (χ0n) is 12.1. The molecule has 1 saturated heterocycles. The molecule has 1 atom stereocenters. The van der Waals surface area contributed by atoms with Crippen LogP contribution in [0.2, 0.25) is 0 Å². The fourth-order valence-corrected chi connectivity index (χ4v) is 2.58. The van der Waals surface area contributed by atoms with Gasteiger partial charge in [-0.25, -0.2) is 0 Å². The topological polar surface area (TPSA) is 92.9 Å². The number of carbonyl (C=O) groups excluding carboxylic acids is 1. The predicted octanol–water partition coefficient (Wildman–Crippen LogP) is 0.595. The monoisotopic (exact) mass is 272 g/mol. The summed E-state index contributed by atoms with van der Waals surface area (Å²) >= 11 is 0. The van der Waals surface area contributed by atoms with Crippen LogP contribution in [-0.4, -0.2) is 52.2 Å². The third kappa shape index (κ3) is 4.80. The molecule has 110 valence electrons. The summed E-state index contributed by atoms with van der Waals surface area (Å²) < 4.78 is 5.89. The quantitative estimate of drug-likeness (QED) is 0.781. The minimum Gasteiger partial charge on any atom is -0.481 e. The van der Waals surface area contributed by atoms with Crippen molar-refractivity contribution < 1.29 is 19.4 Å². The van der Waals surface area contributed by atoms with Crippen molar-refractivity contribution in [3.63, 3.8) is 0 Å². The molecule has 1 aliphatic heterocycles. The molecule has 1 unspecified atom stereocenters. The minimum absolute atomic E-state index is 0.0932. The van der Waals surface area contributed by atoms with E-state index in [9.17, 15) is 9.59 Å². The number of amides is 1. The summed E-state index contributed by atoms with van der Waals surface area (Å²) in [6.45, 7) is 8.65. The maximum Gasteiger partial charge on any atom is 0.303 e. The Balaban J connectivity index is 2.68. The highest BCUT2D eigenvalue weighted by Crippen LogP contribution is 2.28. The summed E-state index contributed by atoms with van der Waals surface area (Å²) in [5, 5.41) is 8.62. The first kappa shape index (κ1) is 15.9. The summed E-state index contributed by atoms with van der Waals surface area (Å²) in [6, 6.07) is -0.763. The smallest absolute Gasteiger partial charge is 0.303 e. The SMILES string of the molecule is CC1(C)CN(C(=O)C(N)CCC(=O)O)CC(C)(C)O1. The average molecular weight is 272 g/mol. The van der Waals surface area contributed by atoms with E-state index in [1.807, 2.05) is 27.7 Å². The van der Waals surface area contributed by atoms with Gasteiger partial charge in [0.05, 0.1) is 17.2 Å². The van der Waals surface area contributed by atoms with Crippen LogP contribution in [0.4, 0.5) is 0 Å². The molecule has 6 nitrogen and oxygen atoms in total. The molecule has 1 fully saturated rings.